The molecule has 16 heavy (non-hydrogen) atoms. The largest absolute Gasteiger partial charge is 0.508 e. The highest BCUT2D eigenvalue weighted by Crippen LogP contribution is 2.64. The molecule has 0 aromatic heterocycles. The molecule has 3 N–H and O–H groups in total. The van der Waals surface area contributed by atoms with E-state index in [1.807, 2.05) is 18.2 Å². The quantitative estimate of drug-likeness (QED) is 0.816. The molecule has 2 fully saturated rings. The zero-order valence-corrected chi connectivity index (χ0v) is 9.52. The minimum absolute atomic E-state index is 0.221. The Kier molecular flexibility index (Phi) is 2.21. The summed E-state index contributed by atoms with van der Waals surface area (Å²) in [6, 6.07) is 7.82. The number of benzene rings is 1. The van der Waals surface area contributed by atoms with Gasteiger partial charge in [0.1, 0.15) is 5.75 Å². The molecule has 2 unspecified atom stereocenters. The lowest BCUT2D eigenvalue weighted by atomic mass is 9.69. The number of nitrogens with two attached hydrogens (primary N) is 1. The monoisotopic (exact) mass is 217 g/mol. The van der Waals surface area contributed by atoms with Crippen molar-refractivity contribution in [3.8, 4) is 5.75 Å². The van der Waals surface area contributed by atoms with Gasteiger partial charge in [-0.05, 0) is 43.7 Å². The van der Waals surface area contributed by atoms with Crippen LogP contribution in [0.4, 0.5) is 0 Å². The van der Waals surface area contributed by atoms with E-state index in [9.17, 15) is 5.11 Å². The van der Waals surface area contributed by atoms with Gasteiger partial charge in [0.05, 0.1) is 0 Å². The van der Waals surface area contributed by atoms with Crippen LogP contribution in [0, 0.1) is 11.8 Å². The average molecular weight is 217 g/mol. The van der Waals surface area contributed by atoms with Crippen molar-refractivity contribution in [2.24, 2.45) is 17.6 Å². The third-order valence-corrected chi connectivity index (χ3v) is 4.68. The second-order valence-electron chi connectivity index (χ2n) is 5.32. The van der Waals surface area contributed by atoms with Crippen molar-refractivity contribution in [3.05, 3.63) is 29.8 Å². The number of rotatable bonds is 3. The molecule has 2 aliphatic rings. The van der Waals surface area contributed by atoms with E-state index >= 15 is 0 Å². The van der Waals surface area contributed by atoms with Crippen molar-refractivity contribution in [1.82, 2.24) is 0 Å². The Hall–Kier alpha value is -1.02. The Morgan fingerprint density at radius 1 is 1.31 bits per heavy atom. The summed E-state index contributed by atoms with van der Waals surface area (Å²) in [6.45, 7) is 0.755. The fourth-order valence-electron chi connectivity index (χ4n) is 3.48. The smallest absolute Gasteiger partial charge is 0.119 e. The van der Waals surface area contributed by atoms with Crippen LogP contribution in [0.25, 0.3) is 0 Å². The van der Waals surface area contributed by atoms with E-state index in [0.29, 0.717) is 11.7 Å². The number of para-hydroxylation sites is 1. The van der Waals surface area contributed by atoms with Crippen molar-refractivity contribution in [2.45, 2.75) is 31.1 Å². The van der Waals surface area contributed by atoms with Gasteiger partial charge in [0.2, 0.25) is 0 Å². The summed E-state index contributed by atoms with van der Waals surface area (Å²) >= 11 is 0. The molecule has 2 aliphatic carbocycles. The maximum absolute atomic E-state index is 10.0. The number of phenols is 1. The first-order valence-corrected chi connectivity index (χ1v) is 6.27. The fraction of sp³-hybridized carbons (Fsp3) is 0.571. The minimum Gasteiger partial charge on any atom is -0.508 e. The molecule has 0 aliphatic heterocycles. The van der Waals surface area contributed by atoms with Crippen molar-refractivity contribution in [2.75, 3.05) is 6.54 Å². The van der Waals surface area contributed by atoms with Gasteiger partial charge >= 0.3 is 0 Å². The fourth-order valence-corrected chi connectivity index (χ4v) is 3.48. The summed E-state index contributed by atoms with van der Waals surface area (Å²) in [4.78, 5) is 0. The predicted octanol–water partition coefficient (Wildman–Crippen LogP) is 2.41. The summed E-state index contributed by atoms with van der Waals surface area (Å²) in [6.07, 6.45) is 5.14. The van der Waals surface area contributed by atoms with E-state index in [-0.39, 0.29) is 5.41 Å². The topological polar surface area (TPSA) is 46.2 Å². The van der Waals surface area contributed by atoms with Crippen LogP contribution in [0.5, 0.6) is 5.75 Å². The van der Waals surface area contributed by atoms with Crippen molar-refractivity contribution >= 4 is 0 Å². The standard InChI is InChI=1S/C14H19NO/c15-9-11-8-14(11,10-4-3-5-10)12-6-1-2-7-13(12)16/h1-2,6-7,10-11,16H,3-5,8-9,15H2. The molecule has 86 valence electrons. The third kappa shape index (κ3) is 1.23. The highest BCUT2D eigenvalue weighted by Gasteiger charge is 2.60. The first kappa shape index (κ1) is 10.2. The number of hydrogen-bond acceptors (Lipinski definition) is 2. The summed E-state index contributed by atoms with van der Waals surface area (Å²) in [5.41, 5.74) is 7.20. The van der Waals surface area contributed by atoms with Gasteiger partial charge < -0.3 is 10.8 Å². The Balaban J connectivity index is 1.98. The van der Waals surface area contributed by atoms with E-state index < -0.39 is 0 Å². The van der Waals surface area contributed by atoms with E-state index in [4.69, 9.17) is 5.73 Å². The molecule has 0 radical (unpaired) electrons. The SMILES string of the molecule is NCC1CC1(c1ccccc1O)C1CCC1. The normalized spacial score (nSPS) is 33.4. The third-order valence-electron chi connectivity index (χ3n) is 4.68. The van der Waals surface area contributed by atoms with Crippen LogP contribution >= 0.6 is 0 Å². The predicted molar refractivity (Wildman–Crippen MR) is 64.3 cm³/mol. The molecule has 2 nitrogen and oxygen atoms in total. The highest BCUT2D eigenvalue weighted by molar-refractivity contribution is 5.45. The van der Waals surface area contributed by atoms with Gasteiger partial charge in [0, 0.05) is 11.0 Å². The van der Waals surface area contributed by atoms with Gasteiger partial charge in [0.25, 0.3) is 0 Å². The second-order valence-corrected chi connectivity index (χ2v) is 5.32. The molecule has 0 saturated heterocycles. The maximum atomic E-state index is 10.0. The highest BCUT2D eigenvalue weighted by atomic mass is 16.3. The van der Waals surface area contributed by atoms with Crippen LogP contribution in [0.3, 0.4) is 0 Å². The number of phenolic OH excluding ortho intramolecular Hbond substituents is 1. The van der Waals surface area contributed by atoms with Crippen molar-refractivity contribution in [1.29, 1.82) is 0 Å². The van der Waals surface area contributed by atoms with Gasteiger partial charge in [0.15, 0.2) is 0 Å². The molecule has 2 atom stereocenters. The Labute approximate surface area is 96.5 Å². The van der Waals surface area contributed by atoms with Crippen LogP contribution in [0.1, 0.15) is 31.2 Å². The Bertz CT molecular complexity index is 399. The van der Waals surface area contributed by atoms with Crippen molar-refractivity contribution < 1.29 is 5.11 Å². The average Bonchev–Trinajstić information content (AvgIpc) is 2.91. The second kappa shape index (κ2) is 3.49. The minimum atomic E-state index is 0.221. The summed E-state index contributed by atoms with van der Waals surface area (Å²) in [5, 5.41) is 10.0. The van der Waals surface area contributed by atoms with E-state index in [2.05, 4.69) is 6.07 Å². The van der Waals surface area contributed by atoms with Gasteiger partial charge in [-0.15, -0.1) is 0 Å². The molecule has 0 heterocycles. The zero-order chi connectivity index (χ0) is 11.2. The lowest BCUT2D eigenvalue weighted by Gasteiger charge is -2.36. The lowest BCUT2D eigenvalue weighted by molar-refractivity contribution is 0.228. The van der Waals surface area contributed by atoms with E-state index in [1.54, 1.807) is 0 Å². The Morgan fingerprint density at radius 3 is 2.56 bits per heavy atom. The zero-order valence-electron chi connectivity index (χ0n) is 9.52. The van der Waals surface area contributed by atoms with Gasteiger partial charge in [-0.2, -0.15) is 0 Å². The molecule has 0 amide bonds. The lowest BCUT2D eigenvalue weighted by Crippen LogP contribution is -2.30. The molecule has 3 rings (SSSR count). The van der Waals surface area contributed by atoms with Gasteiger partial charge in [-0.25, -0.2) is 0 Å². The van der Waals surface area contributed by atoms with E-state index in [1.165, 1.54) is 25.7 Å². The molecule has 0 bridgehead atoms. The molecule has 1 aromatic carbocycles. The molecular formula is C14H19NO. The summed E-state index contributed by atoms with van der Waals surface area (Å²) < 4.78 is 0. The Morgan fingerprint density at radius 2 is 2.06 bits per heavy atom. The molecule has 2 saturated carbocycles. The first-order chi connectivity index (χ1) is 7.79. The van der Waals surface area contributed by atoms with Crippen LogP contribution in [0.2, 0.25) is 0 Å². The van der Waals surface area contributed by atoms with Crippen LogP contribution in [-0.2, 0) is 5.41 Å². The van der Waals surface area contributed by atoms with Crippen LogP contribution < -0.4 is 5.73 Å². The maximum Gasteiger partial charge on any atom is 0.119 e. The van der Waals surface area contributed by atoms with E-state index in [0.717, 1.165) is 18.0 Å². The number of hydrogen-bond donors (Lipinski definition) is 2. The molecule has 2 heteroatoms. The van der Waals surface area contributed by atoms with Crippen LogP contribution in [-0.4, -0.2) is 11.7 Å². The van der Waals surface area contributed by atoms with Crippen LogP contribution in [0.15, 0.2) is 24.3 Å². The molecule has 1 aromatic rings. The van der Waals surface area contributed by atoms with Crippen molar-refractivity contribution in [3.63, 3.8) is 0 Å². The molecular weight excluding hydrogens is 198 g/mol. The summed E-state index contributed by atoms with van der Waals surface area (Å²) in [7, 11) is 0. The first-order valence-electron chi connectivity index (χ1n) is 6.27. The summed E-state index contributed by atoms with van der Waals surface area (Å²) in [5.74, 6) is 1.81. The number of aromatic hydroxyl groups is 1. The molecule has 0 spiro atoms. The van der Waals surface area contributed by atoms with Gasteiger partial charge in [-0.3, -0.25) is 0 Å². The van der Waals surface area contributed by atoms with Gasteiger partial charge in [-0.1, -0.05) is 24.6 Å².